The smallest absolute Gasteiger partial charge is 0.339 e. The van der Waals surface area contributed by atoms with E-state index in [1.165, 1.54) is 23.8 Å². The van der Waals surface area contributed by atoms with Crippen LogP contribution in [0.1, 0.15) is 63.2 Å². The number of amides is 2. The number of anilines is 1. The third-order valence-corrected chi connectivity index (χ3v) is 12.6. The highest BCUT2D eigenvalue weighted by Crippen LogP contribution is 2.50. The Balaban J connectivity index is 1.44. The van der Waals surface area contributed by atoms with Crippen LogP contribution in [0, 0.1) is 6.92 Å². The number of fused-ring (bicyclic) bond motifs is 1. The molecular formula is C32H42N4O7S2. The van der Waals surface area contributed by atoms with Crippen molar-refractivity contribution in [3.05, 3.63) is 47.9 Å². The minimum atomic E-state index is -4.23. The molecule has 0 saturated carbocycles. The number of methoxy groups -OCH3 is 1. The van der Waals surface area contributed by atoms with Crippen molar-refractivity contribution in [1.82, 2.24) is 14.2 Å². The number of rotatable bonds is 11. The number of para-hydroxylation sites is 1. The molecule has 3 aliphatic heterocycles. The van der Waals surface area contributed by atoms with Gasteiger partial charge in [-0.1, -0.05) is 18.2 Å². The zero-order chi connectivity index (χ0) is 31.8. The highest BCUT2D eigenvalue weighted by molar-refractivity contribution is 7.90. The number of oxazole rings is 1. The summed E-state index contributed by atoms with van der Waals surface area (Å²) in [5.41, 5.74) is 0.303. The van der Waals surface area contributed by atoms with Gasteiger partial charge in [0.25, 0.3) is 10.0 Å². The summed E-state index contributed by atoms with van der Waals surface area (Å²) in [6, 6.07) is 7.01. The molecule has 2 fully saturated rings. The quantitative estimate of drug-likeness (QED) is 0.250. The molecule has 1 atom stereocenters. The molecule has 13 heteroatoms. The summed E-state index contributed by atoms with van der Waals surface area (Å²) in [5, 5.41) is 0.341. The van der Waals surface area contributed by atoms with E-state index in [4.69, 9.17) is 18.6 Å². The Kier molecular flexibility index (Phi) is 9.26. The second kappa shape index (κ2) is 13.0. The van der Waals surface area contributed by atoms with Gasteiger partial charge in [-0.25, -0.2) is 22.5 Å². The lowest BCUT2D eigenvalue weighted by molar-refractivity contribution is -0.0672. The Morgan fingerprint density at radius 3 is 2.58 bits per heavy atom. The Morgan fingerprint density at radius 2 is 1.89 bits per heavy atom. The van der Waals surface area contributed by atoms with E-state index >= 15 is 0 Å². The van der Waals surface area contributed by atoms with E-state index in [9.17, 15) is 13.2 Å². The van der Waals surface area contributed by atoms with Gasteiger partial charge in [0, 0.05) is 25.3 Å². The van der Waals surface area contributed by atoms with Crippen LogP contribution < -0.4 is 9.64 Å². The number of nitrogens with zero attached hydrogens (tertiary/aromatic N) is 4. The summed E-state index contributed by atoms with van der Waals surface area (Å²) in [5.74, 6) is 0.951. The first kappa shape index (κ1) is 32.0. The van der Waals surface area contributed by atoms with Gasteiger partial charge in [0.15, 0.2) is 0 Å². The van der Waals surface area contributed by atoms with Crippen molar-refractivity contribution >= 4 is 32.4 Å². The van der Waals surface area contributed by atoms with E-state index in [2.05, 4.69) is 9.88 Å². The average molecular weight is 659 g/mol. The van der Waals surface area contributed by atoms with Crippen LogP contribution in [0.25, 0.3) is 10.8 Å². The molecule has 0 aliphatic carbocycles. The Labute approximate surface area is 269 Å². The number of hydrogen-bond donors (Lipinski definition) is 0. The van der Waals surface area contributed by atoms with E-state index in [-0.39, 0.29) is 17.5 Å². The molecule has 0 N–H and O–H groups in total. The predicted octanol–water partition coefficient (Wildman–Crippen LogP) is 5.85. The van der Waals surface area contributed by atoms with Gasteiger partial charge in [-0.15, -0.1) is 11.3 Å². The molecule has 45 heavy (non-hydrogen) atoms. The summed E-state index contributed by atoms with van der Waals surface area (Å²) in [4.78, 5) is 23.6. The molecule has 2 amide bonds. The minimum Gasteiger partial charge on any atom is -0.496 e. The third-order valence-electron chi connectivity index (χ3n) is 9.00. The average Bonchev–Trinajstić information content (AvgIpc) is 3.80. The topological polar surface area (TPSA) is 115 Å². The van der Waals surface area contributed by atoms with Crippen molar-refractivity contribution < 1.29 is 31.8 Å². The molecular weight excluding hydrogens is 617 g/mol. The predicted molar refractivity (Wildman–Crippen MR) is 171 cm³/mol. The molecule has 6 rings (SSSR count). The molecule has 5 heterocycles. The van der Waals surface area contributed by atoms with Gasteiger partial charge < -0.3 is 23.5 Å². The van der Waals surface area contributed by atoms with Crippen LogP contribution in [0.2, 0.25) is 0 Å². The maximum Gasteiger partial charge on any atom is 0.339 e. The fraction of sp³-hybridized carbons (Fsp3) is 0.562. The molecule has 3 aromatic rings. The van der Waals surface area contributed by atoms with Crippen LogP contribution in [0.3, 0.4) is 0 Å². The molecule has 0 radical (unpaired) electrons. The van der Waals surface area contributed by atoms with Gasteiger partial charge >= 0.3 is 6.03 Å². The number of aromatic nitrogens is 1. The maximum absolute atomic E-state index is 14.7. The number of urea groups is 1. The fourth-order valence-electron chi connectivity index (χ4n) is 6.54. The minimum absolute atomic E-state index is 0.0854. The second-order valence-electron chi connectivity index (χ2n) is 12.5. The van der Waals surface area contributed by atoms with Gasteiger partial charge in [0.1, 0.15) is 28.0 Å². The lowest BCUT2D eigenvalue weighted by atomic mass is 10.0. The number of ether oxygens (including phenoxy) is 3. The lowest BCUT2D eigenvalue weighted by Gasteiger charge is -2.44. The van der Waals surface area contributed by atoms with Gasteiger partial charge in [0.05, 0.1) is 36.4 Å². The number of carbonyl (C=O) groups is 1. The van der Waals surface area contributed by atoms with Crippen molar-refractivity contribution in [3.63, 3.8) is 0 Å². The zero-order valence-corrected chi connectivity index (χ0v) is 28.0. The molecule has 2 aromatic heterocycles. The summed E-state index contributed by atoms with van der Waals surface area (Å²) in [7, 11) is -2.62. The van der Waals surface area contributed by atoms with Crippen LogP contribution in [0.15, 0.2) is 46.0 Å². The number of carbonyl (C=O) groups excluding carboxylic acids is 1. The molecule has 0 spiro atoms. The normalized spacial score (nSPS) is 20.0. The Hall–Kier alpha value is -2.97. The fourth-order valence-corrected chi connectivity index (χ4v) is 10.2. The molecule has 244 valence electrons. The summed E-state index contributed by atoms with van der Waals surface area (Å²) in [6.07, 6.45) is 6.52. The summed E-state index contributed by atoms with van der Waals surface area (Å²) < 4.78 is 53.8. The lowest BCUT2D eigenvalue weighted by Crippen LogP contribution is -2.60. The standard InChI is InChI=1S/C32H42N4O7S2/c1-22-27(29-33-14-20-42-29)44-30-28(22)45(38,39)36(32(2,3)13-17-34-15-7-8-16-34)31(37)35(30)21-26(43-23-11-18-41-19-12-23)24-9-5-6-10-25(24)40-4/h5-6,9-10,14,20,23,26H,7-8,11-13,15-19,21H2,1-4H3/t26-/m0/s1. The monoisotopic (exact) mass is 658 g/mol. The van der Waals surface area contributed by atoms with Crippen LogP contribution >= 0.6 is 11.3 Å². The number of thiophene rings is 1. The number of hydrogen-bond acceptors (Lipinski definition) is 10. The van der Waals surface area contributed by atoms with Gasteiger partial charge in [-0.05, 0) is 77.6 Å². The first-order valence-electron chi connectivity index (χ1n) is 15.6. The second-order valence-corrected chi connectivity index (χ2v) is 15.2. The van der Waals surface area contributed by atoms with Crippen molar-refractivity contribution in [2.24, 2.45) is 0 Å². The van der Waals surface area contributed by atoms with Crippen molar-refractivity contribution in [1.29, 1.82) is 0 Å². The molecule has 11 nitrogen and oxygen atoms in total. The van der Waals surface area contributed by atoms with Gasteiger partial charge in [-0.3, -0.25) is 4.90 Å². The molecule has 3 aliphatic rings. The SMILES string of the molecule is COc1ccccc1[C@H](CN1C(=O)N(C(C)(C)CCN2CCCC2)S(=O)(=O)c2c1sc(-c1ncco1)c2C)OC1CCOCC1. The molecule has 0 unspecified atom stereocenters. The largest absolute Gasteiger partial charge is 0.496 e. The number of likely N-dealkylation sites (tertiary alicyclic amines) is 1. The number of sulfonamides is 1. The Morgan fingerprint density at radius 1 is 1.16 bits per heavy atom. The first-order chi connectivity index (χ1) is 21.6. The third kappa shape index (κ3) is 6.25. The number of benzene rings is 1. The molecule has 1 aromatic carbocycles. The maximum atomic E-state index is 14.7. The highest BCUT2D eigenvalue weighted by Gasteiger charge is 2.51. The van der Waals surface area contributed by atoms with Crippen LogP contribution in [-0.2, 0) is 19.5 Å². The summed E-state index contributed by atoms with van der Waals surface area (Å²) >= 11 is 1.20. The molecule has 2 saturated heterocycles. The van der Waals surface area contributed by atoms with E-state index in [0.29, 0.717) is 53.3 Å². The van der Waals surface area contributed by atoms with E-state index < -0.39 is 27.7 Å². The van der Waals surface area contributed by atoms with Crippen molar-refractivity contribution in [3.8, 4) is 16.5 Å². The van der Waals surface area contributed by atoms with Crippen LogP contribution in [0.4, 0.5) is 9.80 Å². The van der Waals surface area contributed by atoms with Crippen LogP contribution in [-0.4, -0.2) is 86.8 Å². The van der Waals surface area contributed by atoms with Crippen LogP contribution in [0.5, 0.6) is 5.75 Å². The van der Waals surface area contributed by atoms with Crippen molar-refractivity contribution in [2.45, 2.75) is 75.5 Å². The van der Waals surface area contributed by atoms with Gasteiger partial charge in [0.2, 0.25) is 5.89 Å². The van der Waals surface area contributed by atoms with E-state index in [0.717, 1.165) is 48.6 Å². The summed E-state index contributed by atoms with van der Waals surface area (Å²) in [6.45, 7) is 9.40. The van der Waals surface area contributed by atoms with Gasteiger partial charge in [-0.2, -0.15) is 0 Å². The van der Waals surface area contributed by atoms with E-state index in [1.54, 1.807) is 18.9 Å². The first-order valence-corrected chi connectivity index (χ1v) is 17.9. The van der Waals surface area contributed by atoms with Crippen molar-refractivity contribution in [2.75, 3.05) is 51.4 Å². The van der Waals surface area contributed by atoms with E-state index in [1.807, 2.05) is 38.1 Å². The highest BCUT2D eigenvalue weighted by atomic mass is 32.2. The molecule has 0 bridgehead atoms. The Bertz CT molecular complexity index is 1590. The zero-order valence-electron chi connectivity index (χ0n) is 26.4.